The summed E-state index contributed by atoms with van der Waals surface area (Å²) in [7, 11) is 0. The first-order valence-corrected chi connectivity index (χ1v) is 12.0. The van der Waals surface area contributed by atoms with Gasteiger partial charge in [-0.25, -0.2) is 14.8 Å². The standard InChI is InChI=1S/C26H27ClF3N5O4/c1-15-6-5-7-20(34-22(36)26(28,29)30)21(15)35-23-31-12-18(13-32-23)38-14-17-10-16(8-9-19(17)27)11-33-24(37)39-25(2,3)4/h5-10,12-13H,11,14H2,1-4H3,(H,33,37)(H,34,36)(H,31,32,35). The molecule has 2 amide bonds. The van der Waals surface area contributed by atoms with E-state index in [9.17, 15) is 22.8 Å². The van der Waals surface area contributed by atoms with Gasteiger partial charge in [0.2, 0.25) is 5.95 Å². The van der Waals surface area contributed by atoms with Gasteiger partial charge in [0.1, 0.15) is 12.2 Å². The predicted molar refractivity (Wildman–Crippen MR) is 140 cm³/mol. The molecule has 0 unspecified atom stereocenters. The zero-order valence-corrected chi connectivity index (χ0v) is 22.3. The highest BCUT2D eigenvalue weighted by Crippen LogP contribution is 2.30. The molecule has 3 aromatic rings. The number of ether oxygens (including phenoxy) is 2. The number of hydrogen-bond acceptors (Lipinski definition) is 7. The van der Waals surface area contributed by atoms with Crippen molar-refractivity contribution >= 4 is 40.9 Å². The Kier molecular flexibility index (Phi) is 9.23. The number of alkyl halides is 3. The number of para-hydroxylation sites is 1. The number of anilines is 3. The molecule has 2 aromatic carbocycles. The van der Waals surface area contributed by atoms with Crippen LogP contribution in [0.4, 0.5) is 35.3 Å². The van der Waals surface area contributed by atoms with Crippen molar-refractivity contribution in [3.8, 4) is 5.75 Å². The van der Waals surface area contributed by atoms with E-state index in [4.69, 9.17) is 21.1 Å². The Bertz CT molecular complexity index is 1330. The lowest BCUT2D eigenvalue weighted by Crippen LogP contribution is -2.32. The average molecular weight is 566 g/mol. The first-order valence-electron chi connectivity index (χ1n) is 11.6. The molecule has 1 heterocycles. The van der Waals surface area contributed by atoms with Gasteiger partial charge < -0.3 is 25.4 Å². The number of aryl methyl sites for hydroxylation is 1. The summed E-state index contributed by atoms with van der Waals surface area (Å²) in [5.74, 6) is -1.71. The summed E-state index contributed by atoms with van der Waals surface area (Å²) in [5, 5.41) is 7.81. The van der Waals surface area contributed by atoms with Gasteiger partial charge >= 0.3 is 18.2 Å². The molecule has 208 valence electrons. The van der Waals surface area contributed by atoms with Crippen molar-refractivity contribution in [2.45, 2.75) is 52.6 Å². The molecule has 39 heavy (non-hydrogen) atoms. The number of amides is 2. The van der Waals surface area contributed by atoms with Gasteiger partial charge in [-0.3, -0.25) is 4.79 Å². The number of benzene rings is 2. The van der Waals surface area contributed by atoms with Crippen molar-refractivity contribution in [3.05, 3.63) is 70.5 Å². The van der Waals surface area contributed by atoms with Crippen molar-refractivity contribution in [1.82, 2.24) is 15.3 Å². The Morgan fingerprint density at radius 1 is 1.05 bits per heavy atom. The zero-order valence-electron chi connectivity index (χ0n) is 21.6. The minimum absolute atomic E-state index is 0.0723. The van der Waals surface area contributed by atoms with Crippen molar-refractivity contribution in [2.75, 3.05) is 10.6 Å². The van der Waals surface area contributed by atoms with E-state index in [0.29, 0.717) is 21.9 Å². The molecule has 1 aromatic heterocycles. The topological polar surface area (TPSA) is 114 Å². The highest BCUT2D eigenvalue weighted by atomic mass is 35.5. The molecule has 0 bridgehead atoms. The van der Waals surface area contributed by atoms with Crippen LogP contribution in [0.5, 0.6) is 5.75 Å². The molecule has 3 N–H and O–H groups in total. The fourth-order valence-electron chi connectivity index (χ4n) is 3.20. The SMILES string of the molecule is Cc1cccc(NC(=O)C(F)(F)F)c1Nc1ncc(OCc2cc(CNC(=O)OC(C)(C)C)ccc2Cl)cn1. The van der Waals surface area contributed by atoms with Crippen LogP contribution in [-0.2, 0) is 22.7 Å². The Morgan fingerprint density at radius 2 is 1.74 bits per heavy atom. The fraction of sp³-hybridized carbons (Fsp3) is 0.308. The highest BCUT2D eigenvalue weighted by molar-refractivity contribution is 6.31. The summed E-state index contributed by atoms with van der Waals surface area (Å²) >= 11 is 6.29. The minimum Gasteiger partial charge on any atom is -0.486 e. The van der Waals surface area contributed by atoms with Crippen LogP contribution in [0.15, 0.2) is 48.8 Å². The molecular weight excluding hydrogens is 539 g/mol. The fourth-order valence-corrected chi connectivity index (χ4v) is 3.37. The summed E-state index contributed by atoms with van der Waals surface area (Å²) in [5.41, 5.74) is 1.54. The maximum absolute atomic E-state index is 12.7. The number of aromatic nitrogens is 2. The molecular formula is C26H27ClF3N5O4. The third-order valence-electron chi connectivity index (χ3n) is 4.98. The molecule has 0 aliphatic carbocycles. The van der Waals surface area contributed by atoms with Crippen LogP contribution in [0.1, 0.15) is 37.5 Å². The summed E-state index contributed by atoms with van der Waals surface area (Å²) in [6, 6.07) is 9.74. The maximum atomic E-state index is 12.7. The zero-order chi connectivity index (χ0) is 28.8. The number of carbonyl (C=O) groups excluding carboxylic acids is 2. The number of nitrogens with one attached hydrogen (secondary N) is 3. The van der Waals surface area contributed by atoms with Gasteiger partial charge in [0.05, 0.1) is 23.8 Å². The van der Waals surface area contributed by atoms with Gasteiger partial charge in [-0.15, -0.1) is 0 Å². The number of rotatable bonds is 8. The second-order valence-electron chi connectivity index (χ2n) is 9.39. The van der Waals surface area contributed by atoms with E-state index in [1.807, 2.05) is 5.32 Å². The number of hydrogen-bond donors (Lipinski definition) is 3. The van der Waals surface area contributed by atoms with Crippen LogP contribution in [0.3, 0.4) is 0 Å². The Morgan fingerprint density at radius 3 is 2.38 bits per heavy atom. The van der Waals surface area contributed by atoms with Crippen molar-refractivity contribution in [3.63, 3.8) is 0 Å². The van der Waals surface area contributed by atoms with E-state index in [1.165, 1.54) is 24.5 Å². The summed E-state index contributed by atoms with van der Waals surface area (Å²) in [4.78, 5) is 31.6. The van der Waals surface area contributed by atoms with Crippen LogP contribution in [0.2, 0.25) is 5.02 Å². The van der Waals surface area contributed by atoms with Crippen LogP contribution < -0.4 is 20.7 Å². The third kappa shape index (κ3) is 9.02. The lowest BCUT2D eigenvalue weighted by molar-refractivity contribution is -0.167. The smallest absolute Gasteiger partial charge is 0.471 e. The van der Waals surface area contributed by atoms with Crippen molar-refractivity contribution in [1.29, 1.82) is 0 Å². The number of nitrogens with zero attached hydrogens (tertiary/aromatic N) is 2. The molecule has 3 rings (SSSR count). The molecule has 9 nitrogen and oxygen atoms in total. The quantitative estimate of drug-likeness (QED) is 0.294. The number of alkyl carbamates (subject to hydrolysis) is 1. The number of halogens is 4. The second-order valence-corrected chi connectivity index (χ2v) is 9.79. The van der Waals surface area contributed by atoms with Crippen LogP contribution in [0, 0.1) is 6.92 Å². The average Bonchev–Trinajstić information content (AvgIpc) is 2.84. The molecule has 0 aliphatic heterocycles. The van der Waals surface area contributed by atoms with Gasteiger partial charge in [0, 0.05) is 17.1 Å². The Labute approximate surface area is 228 Å². The van der Waals surface area contributed by atoms with E-state index in [1.54, 1.807) is 52.0 Å². The highest BCUT2D eigenvalue weighted by Gasteiger charge is 2.39. The lowest BCUT2D eigenvalue weighted by Gasteiger charge is -2.19. The van der Waals surface area contributed by atoms with E-state index in [-0.39, 0.29) is 30.5 Å². The molecule has 0 aliphatic rings. The van der Waals surface area contributed by atoms with Crippen LogP contribution in [-0.4, -0.2) is 33.7 Å². The molecule has 0 atom stereocenters. The predicted octanol–water partition coefficient (Wildman–Crippen LogP) is 6.29. The normalized spacial score (nSPS) is 11.5. The van der Waals surface area contributed by atoms with Crippen molar-refractivity contribution in [2.24, 2.45) is 0 Å². The largest absolute Gasteiger partial charge is 0.486 e. The van der Waals surface area contributed by atoms with E-state index in [0.717, 1.165) is 5.56 Å². The first-order chi connectivity index (χ1) is 18.2. The van der Waals surface area contributed by atoms with E-state index >= 15 is 0 Å². The van der Waals surface area contributed by atoms with E-state index < -0.39 is 23.8 Å². The summed E-state index contributed by atoms with van der Waals surface area (Å²) in [6.07, 6.45) is -2.82. The van der Waals surface area contributed by atoms with Gasteiger partial charge in [0.15, 0.2) is 5.75 Å². The van der Waals surface area contributed by atoms with Gasteiger partial charge in [0.25, 0.3) is 0 Å². The Hall–Kier alpha value is -4.06. The molecule has 0 radical (unpaired) electrons. The second kappa shape index (κ2) is 12.2. The maximum Gasteiger partial charge on any atom is 0.471 e. The van der Waals surface area contributed by atoms with Gasteiger partial charge in [-0.05, 0) is 57.0 Å². The van der Waals surface area contributed by atoms with Gasteiger partial charge in [-0.1, -0.05) is 29.8 Å². The van der Waals surface area contributed by atoms with Gasteiger partial charge in [-0.2, -0.15) is 13.2 Å². The minimum atomic E-state index is -5.03. The molecule has 0 spiro atoms. The molecule has 0 fully saturated rings. The van der Waals surface area contributed by atoms with E-state index in [2.05, 4.69) is 20.6 Å². The third-order valence-corrected chi connectivity index (χ3v) is 5.35. The van der Waals surface area contributed by atoms with Crippen LogP contribution >= 0.6 is 11.6 Å². The van der Waals surface area contributed by atoms with Crippen LogP contribution in [0.25, 0.3) is 0 Å². The molecule has 0 saturated heterocycles. The molecule has 13 heteroatoms. The van der Waals surface area contributed by atoms with Crippen molar-refractivity contribution < 1.29 is 32.2 Å². The number of carbonyl (C=O) groups is 2. The first kappa shape index (κ1) is 29.5. The molecule has 0 saturated carbocycles. The summed E-state index contributed by atoms with van der Waals surface area (Å²) in [6.45, 7) is 7.29. The monoisotopic (exact) mass is 565 g/mol. The summed E-state index contributed by atoms with van der Waals surface area (Å²) < 4.78 is 49.1. The lowest BCUT2D eigenvalue weighted by atomic mass is 10.1. The Balaban J connectivity index is 1.63.